The number of alkyl halides is 3. The van der Waals surface area contributed by atoms with Crippen molar-refractivity contribution in [3.05, 3.63) is 83.7 Å². The Kier molecular flexibility index (Phi) is 7.84. The molecule has 2 saturated heterocycles. The Morgan fingerprint density at radius 3 is 2.51 bits per heavy atom. The summed E-state index contributed by atoms with van der Waals surface area (Å²) in [6, 6.07) is 12.7. The first kappa shape index (κ1) is 27.4. The number of rotatable bonds is 7. The third kappa shape index (κ3) is 6.21. The number of hydrogen-bond acceptors (Lipinski definition) is 5. The minimum Gasteiger partial charge on any atom is -0.389 e. The summed E-state index contributed by atoms with van der Waals surface area (Å²) in [6.45, 7) is 2.97. The molecule has 2 aliphatic rings. The summed E-state index contributed by atoms with van der Waals surface area (Å²) in [5.74, 6) is -0.0516. The summed E-state index contributed by atoms with van der Waals surface area (Å²) in [7, 11) is 0. The van der Waals surface area contributed by atoms with Gasteiger partial charge in [-0.1, -0.05) is 30.3 Å². The van der Waals surface area contributed by atoms with Crippen molar-refractivity contribution in [3.8, 4) is 0 Å². The van der Waals surface area contributed by atoms with E-state index < -0.39 is 29.2 Å². The maximum Gasteiger partial charge on any atom is 0.416 e. The van der Waals surface area contributed by atoms with E-state index in [2.05, 4.69) is 34.3 Å². The standard InChI is InChI=1S/C30H34F3N3O3/c31-30(32,33)23-5-3-4-22(18-23)27(37)10-15-35-16-11-29(39,12-17-35)28(38)20-36-13-8-21(9-14-36)25-19-34-26-7-2-1-6-24(25)26/h1-7,10,15,18-19,21,28,34,38-39H,8-9,11-14,16-17,20H2. The Labute approximate surface area is 225 Å². The van der Waals surface area contributed by atoms with E-state index >= 15 is 0 Å². The van der Waals surface area contributed by atoms with Gasteiger partial charge in [-0.25, -0.2) is 0 Å². The highest BCUT2D eigenvalue weighted by molar-refractivity contribution is 6.04. The molecule has 0 spiro atoms. The first-order chi connectivity index (χ1) is 18.6. The molecule has 2 fully saturated rings. The molecule has 2 aliphatic heterocycles. The van der Waals surface area contributed by atoms with Gasteiger partial charge in [-0.05, 0) is 68.5 Å². The number of nitrogens with one attached hydrogen (secondary N) is 1. The number of aromatic nitrogens is 1. The lowest BCUT2D eigenvalue weighted by molar-refractivity contribution is -0.137. The number of hydrogen-bond donors (Lipinski definition) is 3. The van der Waals surface area contributed by atoms with E-state index in [1.807, 2.05) is 11.0 Å². The molecule has 2 aromatic carbocycles. The Balaban J connectivity index is 1.10. The van der Waals surface area contributed by atoms with Gasteiger partial charge in [-0.15, -0.1) is 0 Å². The van der Waals surface area contributed by atoms with E-state index in [0.29, 0.717) is 38.4 Å². The number of aliphatic hydroxyl groups is 2. The quantitative estimate of drug-likeness (QED) is 0.291. The van der Waals surface area contributed by atoms with Gasteiger partial charge in [0.25, 0.3) is 0 Å². The van der Waals surface area contributed by atoms with Gasteiger partial charge in [-0.3, -0.25) is 4.79 Å². The maximum atomic E-state index is 12.9. The van der Waals surface area contributed by atoms with Crippen molar-refractivity contribution >= 4 is 16.7 Å². The van der Waals surface area contributed by atoms with Crippen LogP contribution in [-0.4, -0.2) is 75.2 Å². The largest absolute Gasteiger partial charge is 0.416 e. The summed E-state index contributed by atoms with van der Waals surface area (Å²) in [4.78, 5) is 19.8. The first-order valence-corrected chi connectivity index (χ1v) is 13.4. The number of fused-ring (bicyclic) bond motifs is 1. The molecule has 1 aromatic heterocycles. The second kappa shape index (κ2) is 11.2. The molecule has 6 nitrogen and oxygen atoms in total. The van der Waals surface area contributed by atoms with Crippen LogP contribution in [0.5, 0.6) is 0 Å². The van der Waals surface area contributed by atoms with E-state index in [1.165, 1.54) is 29.2 Å². The van der Waals surface area contributed by atoms with Gasteiger partial charge in [-0.2, -0.15) is 13.2 Å². The van der Waals surface area contributed by atoms with E-state index in [9.17, 15) is 28.2 Å². The normalized spacial score (nSPS) is 20.1. The van der Waals surface area contributed by atoms with Gasteiger partial charge in [0.05, 0.1) is 17.3 Å². The number of H-pyrrole nitrogens is 1. The van der Waals surface area contributed by atoms with E-state index in [-0.39, 0.29) is 5.56 Å². The van der Waals surface area contributed by atoms with Crippen LogP contribution >= 0.6 is 0 Å². The van der Waals surface area contributed by atoms with Crippen LogP contribution in [0.25, 0.3) is 10.9 Å². The highest BCUT2D eigenvalue weighted by atomic mass is 19.4. The molecule has 39 heavy (non-hydrogen) atoms. The summed E-state index contributed by atoms with van der Waals surface area (Å²) in [5, 5.41) is 23.4. The molecule has 0 aliphatic carbocycles. The van der Waals surface area contributed by atoms with Gasteiger partial charge in [0.2, 0.25) is 0 Å². The lowest BCUT2D eigenvalue weighted by atomic mass is 9.84. The van der Waals surface area contributed by atoms with Crippen molar-refractivity contribution in [3.63, 3.8) is 0 Å². The molecule has 3 aromatic rings. The number of benzene rings is 2. The number of likely N-dealkylation sites (tertiary alicyclic amines) is 2. The number of ketones is 1. The third-order valence-corrected chi connectivity index (χ3v) is 8.28. The fourth-order valence-corrected chi connectivity index (χ4v) is 5.78. The number of halogens is 3. The van der Waals surface area contributed by atoms with Gasteiger partial charge < -0.3 is 25.0 Å². The molecule has 3 heterocycles. The van der Waals surface area contributed by atoms with Crippen LogP contribution in [0.4, 0.5) is 13.2 Å². The summed E-state index contributed by atoms with van der Waals surface area (Å²) >= 11 is 0. The molecular formula is C30H34F3N3O3. The van der Waals surface area contributed by atoms with E-state index in [1.54, 1.807) is 6.20 Å². The van der Waals surface area contributed by atoms with Crippen molar-refractivity contribution in [2.75, 3.05) is 32.7 Å². The Hall–Kier alpha value is -3.14. The summed E-state index contributed by atoms with van der Waals surface area (Å²) in [5.41, 5.74) is 0.382. The predicted octanol–water partition coefficient (Wildman–Crippen LogP) is 4.95. The average molecular weight is 542 g/mol. The minimum atomic E-state index is -4.51. The van der Waals surface area contributed by atoms with E-state index in [0.717, 1.165) is 43.6 Å². The molecule has 3 N–H and O–H groups in total. The molecule has 0 amide bonds. The van der Waals surface area contributed by atoms with Crippen LogP contribution in [0.15, 0.2) is 67.0 Å². The molecule has 9 heteroatoms. The predicted molar refractivity (Wildman–Crippen MR) is 143 cm³/mol. The maximum absolute atomic E-state index is 12.9. The number of carbonyl (C=O) groups excluding carboxylic acids is 1. The van der Waals surface area contributed by atoms with Crippen molar-refractivity contribution in [1.82, 2.24) is 14.8 Å². The Morgan fingerprint density at radius 2 is 1.79 bits per heavy atom. The van der Waals surface area contributed by atoms with Crippen LogP contribution in [-0.2, 0) is 6.18 Å². The van der Waals surface area contributed by atoms with Crippen LogP contribution in [0.2, 0.25) is 0 Å². The Morgan fingerprint density at radius 1 is 1.08 bits per heavy atom. The number of nitrogens with zero attached hydrogens (tertiary/aromatic N) is 2. The average Bonchev–Trinajstić information content (AvgIpc) is 3.37. The second-order valence-electron chi connectivity index (χ2n) is 10.8. The molecule has 208 valence electrons. The van der Waals surface area contributed by atoms with E-state index in [4.69, 9.17) is 0 Å². The number of para-hydroxylation sites is 1. The number of piperidine rings is 2. The van der Waals surface area contributed by atoms with Crippen LogP contribution in [0.3, 0.4) is 0 Å². The number of aromatic amines is 1. The zero-order valence-electron chi connectivity index (χ0n) is 21.7. The lowest BCUT2D eigenvalue weighted by Crippen LogP contribution is -2.54. The van der Waals surface area contributed by atoms with Crippen molar-refractivity contribution < 1.29 is 28.2 Å². The summed E-state index contributed by atoms with van der Waals surface area (Å²) in [6.07, 6.45) is 2.18. The van der Waals surface area contributed by atoms with Gasteiger partial charge in [0, 0.05) is 54.6 Å². The van der Waals surface area contributed by atoms with Crippen LogP contribution in [0.1, 0.15) is 53.1 Å². The molecule has 0 bridgehead atoms. The Bertz CT molecular complexity index is 1320. The molecule has 1 unspecified atom stereocenters. The van der Waals surface area contributed by atoms with Crippen molar-refractivity contribution in [2.24, 2.45) is 0 Å². The molecule has 1 atom stereocenters. The highest BCUT2D eigenvalue weighted by Crippen LogP contribution is 2.34. The molecule has 0 radical (unpaired) electrons. The number of allylic oxidation sites excluding steroid dienone is 1. The molecule has 5 rings (SSSR count). The SMILES string of the molecule is O=C(C=CN1CCC(O)(C(O)CN2CCC(c3c[nH]c4ccccc34)CC2)CC1)c1cccc(C(F)(F)F)c1. The topological polar surface area (TPSA) is 79.8 Å². The van der Waals surface area contributed by atoms with Crippen LogP contribution < -0.4 is 0 Å². The van der Waals surface area contributed by atoms with Crippen molar-refractivity contribution in [2.45, 2.75) is 49.5 Å². The fraction of sp³-hybridized carbons (Fsp3) is 0.433. The number of aliphatic hydroxyl groups excluding tert-OH is 1. The second-order valence-corrected chi connectivity index (χ2v) is 10.8. The van der Waals surface area contributed by atoms with Gasteiger partial charge in [0.1, 0.15) is 0 Å². The summed E-state index contributed by atoms with van der Waals surface area (Å²) < 4.78 is 38.8. The third-order valence-electron chi connectivity index (χ3n) is 8.28. The minimum absolute atomic E-state index is 0.0292. The van der Waals surface area contributed by atoms with Crippen LogP contribution in [0, 0.1) is 0 Å². The lowest BCUT2D eigenvalue weighted by Gasteiger charge is -2.43. The fourth-order valence-electron chi connectivity index (χ4n) is 5.78. The molecule has 0 saturated carbocycles. The zero-order valence-corrected chi connectivity index (χ0v) is 21.7. The first-order valence-electron chi connectivity index (χ1n) is 13.4. The molecular weight excluding hydrogens is 507 g/mol. The van der Waals surface area contributed by atoms with Gasteiger partial charge >= 0.3 is 6.18 Å². The zero-order chi connectivity index (χ0) is 27.6. The number of carbonyl (C=O) groups is 1. The monoisotopic (exact) mass is 541 g/mol. The smallest absolute Gasteiger partial charge is 0.389 e. The number of β-amino-alcohol motifs (C(OH)–C–C–N with tert-alkyl or cyclic N) is 1. The highest BCUT2D eigenvalue weighted by Gasteiger charge is 2.39. The van der Waals surface area contributed by atoms with Gasteiger partial charge in [0.15, 0.2) is 5.78 Å². The van der Waals surface area contributed by atoms with Crippen molar-refractivity contribution in [1.29, 1.82) is 0 Å².